The Labute approximate surface area is 788 Å². The number of ether oxygens (including phenoxy) is 4. The van der Waals surface area contributed by atoms with E-state index in [1.54, 1.807) is 117 Å². The number of hydrogen-bond acceptors (Lipinski definition) is 19. The van der Waals surface area contributed by atoms with Gasteiger partial charge in [-0.15, -0.1) is 0 Å². The molecule has 128 heavy (non-hydrogen) atoms. The fourth-order valence-electron chi connectivity index (χ4n) is 17.5. The van der Waals surface area contributed by atoms with E-state index in [0.29, 0.717) is 222 Å². The number of likely N-dealkylation sites (tertiary alicyclic amines) is 4. The fraction of sp³-hybridized carbons (Fsp3) is 0.400. The van der Waals surface area contributed by atoms with E-state index in [9.17, 15) is 72.8 Å². The van der Waals surface area contributed by atoms with Crippen molar-refractivity contribution in [2.45, 2.75) is 115 Å². The number of carbonyl (C=O) groups is 5. The van der Waals surface area contributed by atoms with Gasteiger partial charge in [-0.3, -0.25) is 24.0 Å². The minimum absolute atomic E-state index is 0. The second kappa shape index (κ2) is 42.8. The molecule has 0 aromatic heterocycles. The average molecular weight is 1830 g/mol. The normalized spacial score (nSPS) is 19.4. The molecule has 8 aliphatic heterocycles. The van der Waals surface area contributed by atoms with E-state index >= 15 is 0 Å². The predicted molar refractivity (Wildman–Crippen MR) is 477 cm³/mol. The topological polar surface area (TPSA) is 284 Å². The number of carbonyl (C=O) groups excluding carboxylic acids is 5. The first-order chi connectivity index (χ1) is 60.4. The summed E-state index contributed by atoms with van der Waals surface area (Å²) in [5.41, 5.74) is 5.96. The van der Waals surface area contributed by atoms with Crippen molar-refractivity contribution in [2.24, 2.45) is 21.7 Å². The summed E-state index contributed by atoms with van der Waals surface area (Å²) in [6, 6.07) is 50.2. The van der Waals surface area contributed by atoms with Gasteiger partial charge in [0.2, 0.25) is 0 Å². The van der Waals surface area contributed by atoms with Gasteiger partial charge in [-0.2, -0.15) is 21.0 Å². The number of rotatable bonds is 15. The van der Waals surface area contributed by atoms with Gasteiger partial charge in [0.05, 0.1) is 113 Å². The van der Waals surface area contributed by atoms with Crippen molar-refractivity contribution in [3.05, 3.63) is 234 Å². The molecule has 4 fully saturated rings. The van der Waals surface area contributed by atoms with Crippen LogP contribution in [0.2, 0.25) is 20.1 Å². The third-order valence-corrected chi connectivity index (χ3v) is 26.5. The Morgan fingerprint density at radius 2 is 0.633 bits per heavy atom. The fourth-order valence-corrected chi connectivity index (χ4v) is 18.3. The van der Waals surface area contributed by atoms with Gasteiger partial charge < -0.3 is 69.8 Å². The van der Waals surface area contributed by atoms with Gasteiger partial charge >= 0.3 is 29.6 Å². The van der Waals surface area contributed by atoms with Crippen molar-refractivity contribution < 1.29 is 102 Å². The number of amides is 4. The van der Waals surface area contributed by atoms with Crippen molar-refractivity contribution >= 4 is 107 Å². The number of halogens is 8. The summed E-state index contributed by atoms with van der Waals surface area (Å²) >= 11 is 24.6. The number of piperidine rings is 4. The standard InChI is InChI=1S/2C24H25ClFN3O3.C24H23ClFN3O3.C23H23ClFN3O2.B.Na.H/c3*1-28-13-22(32-21-10-17(14-30)19(25)11-20(21)28)23(31)29-8-6-24(15-27,7-9-29)12-16-2-4-18(26)5-3-16;1-27-14-21(30-20-7-4-17(24)12-19(20)27)22(29)28-10-8-23(15-26,9-11-28)13-16-2-5-18(25)6-3-16;;;/h2*2-5,10-11,22,30H,6-9,12-14H2,1H3;2-5,10-11,14,22H,6-9,12-13H2,1H3;2-7,12,21H,8-11,13-14H2,1H3;;;/q;;;;;+1;-1. The minimum atomic E-state index is -0.708. The Kier molecular flexibility index (Phi) is 32.9. The third kappa shape index (κ3) is 23.0. The number of anilines is 4. The van der Waals surface area contributed by atoms with Crippen molar-refractivity contribution in [3.63, 3.8) is 0 Å². The molecule has 23 nitrogen and oxygen atoms in total. The van der Waals surface area contributed by atoms with Crippen LogP contribution in [0.1, 0.15) is 96.5 Å². The summed E-state index contributed by atoms with van der Waals surface area (Å²) in [7, 11) is 7.50. The van der Waals surface area contributed by atoms with Crippen LogP contribution in [0.3, 0.4) is 0 Å². The summed E-state index contributed by atoms with van der Waals surface area (Å²) in [5.74, 6) is 0.514. The van der Waals surface area contributed by atoms with Gasteiger partial charge in [0, 0.05) is 110 Å². The third-order valence-electron chi connectivity index (χ3n) is 25.2. The SMILES string of the molecule is CN1CC(C(=O)N2CCC(C#N)(Cc3ccc(F)cc3)CC2)Oc2cc(C=O)c(Cl)cc21.CN1CC(C(=O)N2CCC(C#N)(Cc3ccc(F)cc3)CC2)Oc2cc(CO)c(Cl)cc21.CN1CC(C(=O)N2CCC(C#N)(Cc3ccc(F)cc3)CC2)Oc2cc(CO)c(Cl)cc21.CN1CC(C(=O)N2CCC(C#N)(Cc3ccc(F)cc3)CC2)Oc2ccc(Cl)cc21.[B].[H-].[Na+]. The number of likely N-dealkylation sites (N-methyl/N-ethyl adjacent to an activating group) is 4. The van der Waals surface area contributed by atoms with Crippen LogP contribution >= 0.6 is 46.4 Å². The van der Waals surface area contributed by atoms with Crippen molar-refractivity contribution in [1.82, 2.24) is 19.6 Å². The van der Waals surface area contributed by atoms with Gasteiger partial charge in [-0.25, -0.2) is 17.6 Å². The van der Waals surface area contributed by atoms with Gasteiger partial charge in [-0.05, 0) is 214 Å². The average Bonchev–Trinajstić information content (AvgIpc) is 0.782. The molecule has 4 amide bonds. The van der Waals surface area contributed by atoms with Crippen LogP contribution in [-0.2, 0) is 58.1 Å². The molecule has 4 unspecified atom stereocenters. The van der Waals surface area contributed by atoms with E-state index in [-0.39, 0.29) is 99.5 Å². The van der Waals surface area contributed by atoms with Gasteiger partial charge in [0.25, 0.3) is 23.6 Å². The second-order valence-corrected chi connectivity index (χ2v) is 35.4. The van der Waals surface area contributed by atoms with E-state index < -0.39 is 46.1 Å². The van der Waals surface area contributed by atoms with Crippen LogP contribution in [-0.4, -0.2) is 199 Å². The Bertz CT molecular complexity index is 5350. The summed E-state index contributed by atoms with van der Waals surface area (Å²) in [6.07, 6.45) is 4.62. The number of benzene rings is 8. The molecule has 2 N–H and O–H groups in total. The van der Waals surface area contributed by atoms with Crippen LogP contribution in [0, 0.1) is 90.3 Å². The molecule has 8 aromatic carbocycles. The summed E-state index contributed by atoms with van der Waals surface area (Å²) in [6.45, 7) is 4.91. The zero-order valence-corrected chi connectivity index (χ0v) is 76.8. The summed E-state index contributed by atoms with van der Waals surface area (Å²) in [5, 5.41) is 60.2. The Morgan fingerprint density at radius 3 is 0.883 bits per heavy atom. The maximum atomic E-state index is 13.2. The zero-order valence-electron chi connectivity index (χ0n) is 72.7. The van der Waals surface area contributed by atoms with E-state index in [0.717, 1.165) is 45.0 Å². The Balaban J connectivity index is 0.000000178. The molecule has 0 saturated carbocycles. The van der Waals surface area contributed by atoms with Gasteiger partial charge in [0.15, 0.2) is 30.7 Å². The maximum Gasteiger partial charge on any atom is 1.00 e. The molecular weight excluding hydrogens is 1740 g/mol. The van der Waals surface area contributed by atoms with Crippen molar-refractivity contribution in [3.8, 4) is 47.3 Å². The number of hydrogen-bond donors (Lipinski definition) is 2. The largest absolute Gasteiger partial charge is 1.00 e. The van der Waals surface area contributed by atoms with Gasteiger partial charge in [0.1, 0.15) is 46.3 Å². The molecule has 4 saturated heterocycles. The van der Waals surface area contributed by atoms with E-state index in [1.165, 1.54) is 48.5 Å². The number of nitrogens with zero attached hydrogens (tertiary/aromatic N) is 12. The van der Waals surface area contributed by atoms with Crippen LogP contribution in [0.5, 0.6) is 23.0 Å². The van der Waals surface area contributed by atoms with Crippen molar-refractivity contribution in [2.75, 3.05) is 126 Å². The van der Waals surface area contributed by atoms with Crippen molar-refractivity contribution in [1.29, 1.82) is 21.0 Å². The van der Waals surface area contributed by atoms with Crippen LogP contribution in [0.25, 0.3) is 0 Å². The molecule has 0 spiro atoms. The molecular formula is C95H97BCl4F4N12NaO11. The van der Waals surface area contributed by atoms with Gasteiger partial charge in [-0.1, -0.05) is 94.9 Å². The molecule has 8 heterocycles. The van der Waals surface area contributed by atoms with Crippen LogP contribution in [0.15, 0.2) is 152 Å². The van der Waals surface area contributed by atoms with Crippen LogP contribution in [0.4, 0.5) is 40.3 Å². The maximum absolute atomic E-state index is 13.2. The monoisotopic (exact) mass is 1830 g/mol. The summed E-state index contributed by atoms with van der Waals surface area (Å²) in [4.78, 5) is 78.6. The number of aliphatic hydroxyl groups is 2. The molecule has 4 atom stereocenters. The second-order valence-electron chi connectivity index (χ2n) is 33.7. The molecule has 16 rings (SSSR count). The predicted octanol–water partition coefficient (Wildman–Crippen LogP) is 11.7. The minimum Gasteiger partial charge on any atom is -1.00 e. The Hall–Kier alpha value is -10.5. The number of aldehydes is 1. The first kappa shape index (κ1) is 98.1. The van der Waals surface area contributed by atoms with E-state index in [4.69, 9.17) is 65.4 Å². The number of nitriles is 4. The smallest absolute Gasteiger partial charge is 1.00 e. The number of fused-ring (bicyclic) bond motifs is 4. The first-order valence-electron chi connectivity index (χ1n) is 41.7. The molecule has 33 heteroatoms. The first-order valence-corrected chi connectivity index (χ1v) is 43.2. The van der Waals surface area contributed by atoms with E-state index in [2.05, 4.69) is 24.3 Å². The Morgan fingerprint density at radius 1 is 0.391 bits per heavy atom. The molecule has 0 bridgehead atoms. The zero-order chi connectivity index (χ0) is 89.9. The molecule has 0 aliphatic carbocycles. The van der Waals surface area contributed by atoms with Crippen LogP contribution < -0.4 is 68.1 Å². The number of aliphatic hydroxyl groups excluding tert-OH is 2. The molecule has 3 radical (unpaired) electrons. The quantitative estimate of drug-likeness (QED) is 0.0548. The molecule has 8 aromatic rings. The summed E-state index contributed by atoms with van der Waals surface area (Å²) < 4.78 is 76.7. The molecule has 8 aliphatic rings. The van der Waals surface area contributed by atoms with E-state index in [1.807, 2.05) is 53.9 Å². The molecule has 663 valence electrons.